The van der Waals surface area contributed by atoms with Crippen LogP contribution in [0.3, 0.4) is 0 Å². The van der Waals surface area contributed by atoms with Crippen molar-refractivity contribution in [1.82, 2.24) is 0 Å². The molecule has 2 aromatic rings. The first-order valence-electron chi connectivity index (χ1n) is 8.38. The second-order valence-corrected chi connectivity index (χ2v) is 8.30. The van der Waals surface area contributed by atoms with Crippen LogP contribution in [-0.2, 0) is 21.2 Å². The van der Waals surface area contributed by atoms with Gasteiger partial charge >= 0.3 is 0 Å². The molecule has 2 N–H and O–H groups in total. The third kappa shape index (κ3) is 3.39. The first-order chi connectivity index (χ1) is 11.8. The molecule has 25 heavy (non-hydrogen) atoms. The van der Waals surface area contributed by atoms with Crippen molar-refractivity contribution in [3.05, 3.63) is 53.6 Å². The number of benzene rings is 2. The first-order valence-corrected chi connectivity index (χ1v) is 9.86. The Morgan fingerprint density at radius 2 is 1.80 bits per heavy atom. The summed E-state index contributed by atoms with van der Waals surface area (Å²) in [7, 11) is -3.66. The summed E-state index contributed by atoms with van der Waals surface area (Å²) in [5.41, 5.74) is 3.13. The van der Waals surface area contributed by atoms with Crippen LogP contribution >= 0.6 is 0 Å². The minimum Gasteiger partial charge on any atom is -0.325 e. The van der Waals surface area contributed by atoms with Gasteiger partial charge in [-0.3, -0.25) is 9.52 Å². The van der Waals surface area contributed by atoms with Crippen LogP contribution in [0.25, 0.3) is 0 Å². The number of nitrogens with one attached hydrogen (secondary N) is 2. The zero-order valence-corrected chi connectivity index (χ0v) is 15.4. The highest BCUT2D eigenvalue weighted by Crippen LogP contribution is 2.38. The number of hydrogen-bond acceptors (Lipinski definition) is 3. The molecule has 1 heterocycles. The number of fused-ring (bicyclic) bond motifs is 1. The molecule has 0 bridgehead atoms. The van der Waals surface area contributed by atoms with Gasteiger partial charge in [0, 0.05) is 11.4 Å². The summed E-state index contributed by atoms with van der Waals surface area (Å²) in [6.45, 7) is 5.98. The first kappa shape index (κ1) is 17.5. The van der Waals surface area contributed by atoms with E-state index >= 15 is 0 Å². The summed E-state index contributed by atoms with van der Waals surface area (Å²) >= 11 is 0. The lowest BCUT2D eigenvalue weighted by atomic mass is 9.89. The Bertz CT molecular complexity index is 903. The van der Waals surface area contributed by atoms with E-state index in [2.05, 4.69) is 10.0 Å². The van der Waals surface area contributed by atoms with Crippen LogP contribution in [0, 0.1) is 5.92 Å². The molecule has 0 saturated carbocycles. The standard InChI is InChI=1S/C19H22N2O3S/c1-4-13-5-8-15(9-6-13)25(23,24)21-14-7-10-17-16(11-14)18(12(2)3)19(22)20-17/h5-12,18,21H,4H2,1-3H3,(H,20,22). The highest BCUT2D eigenvalue weighted by Gasteiger charge is 2.33. The largest absolute Gasteiger partial charge is 0.325 e. The molecule has 6 heteroatoms. The zero-order chi connectivity index (χ0) is 18.2. The van der Waals surface area contributed by atoms with Gasteiger partial charge in [0.2, 0.25) is 5.91 Å². The fourth-order valence-corrected chi connectivity index (χ4v) is 4.18. The van der Waals surface area contributed by atoms with Gasteiger partial charge in [-0.2, -0.15) is 0 Å². The summed E-state index contributed by atoms with van der Waals surface area (Å²) in [6, 6.07) is 12.0. The summed E-state index contributed by atoms with van der Waals surface area (Å²) in [5, 5.41) is 2.85. The second-order valence-electron chi connectivity index (χ2n) is 6.62. The molecule has 0 radical (unpaired) electrons. The molecule has 1 aliphatic heterocycles. The van der Waals surface area contributed by atoms with E-state index in [4.69, 9.17) is 0 Å². The van der Waals surface area contributed by atoms with Crippen LogP contribution in [0.4, 0.5) is 11.4 Å². The Balaban J connectivity index is 1.89. The predicted molar refractivity (Wildman–Crippen MR) is 99.3 cm³/mol. The van der Waals surface area contributed by atoms with Crippen LogP contribution in [-0.4, -0.2) is 14.3 Å². The average Bonchev–Trinajstić information content (AvgIpc) is 2.89. The number of amides is 1. The molecule has 0 aliphatic carbocycles. The maximum atomic E-state index is 12.6. The van der Waals surface area contributed by atoms with E-state index < -0.39 is 10.0 Å². The molecule has 0 spiro atoms. The monoisotopic (exact) mass is 358 g/mol. The van der Waals surface area contributed by atoms with Gasteiger partial charge < -0.3 is 5.32 Å². The van der Waals surface area contributed by atoms with E-state index in [1.165, 1.54) is 0 Å². The lowest BCUT2D eigenvalue weighted by Gasteiger charge is -2.14. The van der Waals surface area contributed by atoms with E-state index in [1.54, 1.807) is 30.3 Å². The summed E-state index contributed by atoms with van der Waals surface area (Å²) in [5.74, 6) is -0.168. The van der Waals surface area contributed by atoms with Gasteiger partial charge in [-0.15, -0.1) is 0 Å². The molecular weight excluding hydrogens is 336 g/mol. The molecule has 2 aromatic carbocycles. The molecule has 1 atom stereocenters. The van der Waals surface area contributed by atoms with Crippen molar-refractivity contribution in [3.8, 4) is 0 Å². The number of carbonyl (C=O) groups excluding carboxylic acids is 1. The Morgan fingerprint density at radius 1 is 1.12 bits per heavy atom. The number of anilines is 2. The van der Waals surface area contributed by atoms with Crippen molar-refractivity contribution in [2.24, 2.45) is 5.92 Å². The van der Waals surface area contributed by atoms with Crippen LogP contribution < -0.4 is 10.0 Å². The third-order valence-electron chi connectivity index (χ3n) is 4.49. The SMILES string of the molecule is CCc1ccc(S(=O)(=O)Nc2ccc3c(c2)C(C(C)C)C(=O)N3)cc1. The average molecular weight is 358 g/mol. The van der Waals surface area contributed by atoms with E-state index in [-0.39, 0.29) is 22.6 Å². The minimum atomic E-state index is -3.66. The zero-order valence-electron chi connectivity index (χ0n) is 14.5. The Labute approximate surface area is 148 Å². The number of carbonyl (C=O) groups is 1. The summed E-state index contributed by atoms with van der Waals surface area (Å²) < 4.78 is 27.8. The van der Waals surface area contributed by atoms with Crippen molar-refractivity contribution < 1.29 is 13.2 Å². The predicted octanol–water partition coefficient (Wildman–Crippen LogP) is 3.74. The van der Waals surface area contributed by atoms with Gasteiger partial charge in [0.05, 0.1) is 10.8 Å². The topological polar surface area (TPSA) is 75.3 Å². The van der Waals surface area contributed by atoms with Crippen molar-refractivity contribution >= 4 is 27.3 Å². The van der Waals surface area contributed by atoms with Crippen LogP contribution in [0.1, 0.15) is 37.8 Å². The molecule has 0 saturated heterocycles. The maximum absolute atomic E-state index is 12.6. The molecule has 132 valence electrons. The van der Waals surface area contributed by atoms with Crippen LogP contribution in [0.5, 0.6) is 0 Å². The van der Waals surface area contributed by atoms with Crippen LogP contribution in [0.15, 0.2) is 47.4 Å². The van der Waals surface area contributed by atoms with Gasteiger partial charge in [-0.1, -0.05) is 32.9 Å². The van der Waals surface area contributed by atoms with E-state index in [1.807, 2.05) is 32.9 Å². The number of rotatable bonds is 5. The lowest BCUT2D eigenvalue weighted by molar-refractivity contribution is -0.117. The molecular formula is C19H22N2O3S. The fraction of sp³-hybridized carbons (Fsp3) is 0.316. The molecule has 0 aromatic heterocycles. The number of sulfonamides is 1. The molecule has 0 fully saturated rings. The minimum absolute atomic E-state index is 0.0415. The van der Waals surface area contributed by atoms with Crippen molar-refractivity contribution in [2.75, 3.05) is 10.0 Å². The Kier molecular flexibility index (Phi) is 4.56. The van der Waals surface area contributed by atoms with Gasteiger partial charge in [-0.05, 0) is 53.8 Å². The van der Waals surface area contributed by atoms with Gasteiger partial charge in [0.1, 0.15) is 0 Å². The number of aryl methyl sites for hydroxylation is 1. The molecule has 1 amide bonds. The highest BCUT2D eigenvalue weighted by atomic mass is 32.2. The van der Waals surface area contributed by atoms with Crippen LogP contribution in [0.2, 0.25) is 0 Å². The smallest absolute Gasteiger partial charge is 0.261 e. The van der Waals surface area contributed by atoms with Gasteiger partial charge in [0.25, 0.3) is 10.0 Å². The van der Waals surface area contributed by atoms with E-state index in [9.17, 15) is 13.2 Å². The maximum Gasteiger partial charge on any atom is 0.261 e. The Morgan fingerprint density at radius 3 is 2.40 bits per heavy atom. The molecule has 5 nitrogen and oxygen atoms in total. The van der Waals surface area contributed by atoms with Crippen molar-refractivity contribution in [1.29, 1.82) is 0 Å². The van der Waals surface area contributed by atoms with Crippen molar-refractivity contribution in [2.45, 2.75) is 38.0 Å². The molecule has 1 unspecified atom stereocenters. The third-order valence-corrected chi connectivity index (χ3v) is 5.88. The van der Waals surface area contributed by atoms with Gasteiger partial charge in [0.15, 0.2) is 0 Å². The fourth-order valence-electron chi connectivity index (χ4n) is 3.13. The quantitative estimate of drug-likeness (QED) is 0.855. The van der Waals surface area contributed by atoms with Gasteiger partial charge in [-0.25, -0.2) is 8.42 Å². The number of hydrogen-bond donors (Lipinski definition) is 2. The lowest BCUT2D eigenvalue weighted by Crippen LogP contribution is -2.17. The highest BCUT2D eigenvalue weighted by molar-refractivity contribution is 7.92. The van der Waals surface area contributed by atoms with E-state index in [0.717, 1.165) is 23.2 Å². The molecule has 1 aliphatic rings. The summed E-state index contributed by atoms with van der Waals surface area (Å²) in [4.78, 5) is 12.3. The summed E-state index contributed by atoms with van der Waals surface area (Å²) in [6.07, 6.45) is 0.857. The molecule has 3 rings (SSSR count). The van der Waals surface area contributed by atoms with E-state index in [0.29, 0.717) is 5.69 Å². The van der Waals surface area contributed by atoms with Crippen molar-refractivity contribution in [3.63, 3.8) is 0 Å². The second kappa shape index (κ2) is 6.52. The Hall–Kier alpha value is -2.34. The normalized spacial score (nSPS) is 16.6.